The first-order valence-electron chi connectivity index (χ1n) is 9.34. The Morgan fingerprint density at radius 3 is 2.52 bits per heavy atom. The van der Waals surface area contributed by atoms with Gasteiger partial charge in [0, 0.05) is 4.90 Å². The van der Waals surface area contributed by atoms with Crippen LogP contribution in [0.3, 0.4) is 0 Å². The lowest BCUT2D eigenvalue weighted by atomic mass is 10.1. The van der Waals surface area contributed by atoms with Gasteiger partial charge in [-0.1, -0.05) is 59.9 Å². The van der Waals surface area contributed by atoms with E-state index in [9.17, 15) is 4.79 Å². The van der Waals surface area contributed by atoms with E-state index < -0.39 is 0 Å². The lowest BCUT2D eigenvalue weighted by molar-refractivity contribution is -0.115. The van der Waals surface area contributed by atoms with E-state index in [1.165, 1.54) is 23.1 Å². The number of anilines is 1. The van der Waals surface area contributed by atoms with E-state index in [4.69, 9.17) is 4.74 Å². The van der Waals surface area contributed by atoms with Gasteiger partial charge in [0.25, 0.3) is 0 Å². The normalized spacial score (nSPS) is 11.9. The minimum Gasteiger partial charge on any atom is -0.494 e. The summed E-state index contributed by atoms with van der Waals surface area (Å²) in [6.07, 6.45) is 0. The molecule has 1 aromatic heterocycles. The molecule has 1 amide bonds. The molecule has 1 N–H and O–H groups in total. The minimum absolute atomic E-state index is 0.0888. The molecular formula is C23H20N2O2S2. The summed E-state index contributed by atoms with van der Waals surface area (Å²) in [5, 5.41) is 3.23. The lowest BCUT2D eigenvalue weighted by Crippen LogP contribution is -2.18. The van der Waals surface area contributed by atoms with Crippen LogP contribution in [-0.4, -0.2) is 17.5 Å². The van der Waals surface area contributed by atoms with Gasteiger partial charge in [-0.15, -0.1) is 11.8 Å². The van der Waals surface area contributed by atoms with Crippen molar-refractivity contribution < 1.29 is 9.53 Å². The van der Waals surface area contributed by atoms with Gasteiger partial charge in [-0.2, -0.15) is 0 Å². The molecule has 0 saturated heterocycles. The fraction of sp³-hybridized carbons (Fsp3) is 0.130. The molecule has 0 fully saturated rings. The van der Waals surface area contributed by atoms with Crippen LogP contribution in [0.5, 0.6) is 5.75 Å². The van der Waals surface area contributed by atoms with Gasteiger partial charge < -0.3 is 10.1 Å². The van der Waals surface area contributed by atoms with Gasteiger partial charge in [0.1, 0.15) is 11.0 Å². The molecule has 1 heterocycles. The van der Waals surface area contributed by atoms with Crippen molar-refractivity contribution in [1.29, 1.82) is 0 Å². The van der Waals surface area contributed by atoms with Crippen molar-refractivity contribution >= 4 is 44.4 Å². The maximum absolute atomic E-state index is 13.2. The van der Waals surface area contributed by atoms with E-state index in [1.807, 2.05) is 85.8 Å². The number of carbonyl (C=O) groups is 1. The third-order valence-electron chi connectivity index (χ3n) is 4.24. The van der Waals surface area contributed by atoms with E-state index in [2.05, 4.69) is 10.3 Å². The predicted molar refractivity (Wildman–Crippen MR) is 121 cm³/mol. The monoisotopic (exact) mass is 420 g/mol. The molecule has 4 nitrogen and oxygen atoms in total. The molecule has 0 unspecified atom stereocenters. The molecular weight excluding hydrogens is 400 g/mol. The van der Waals surface area contributed by atoms with Gasteiger partial charge in [-0.3, -0.25) is 4.79 Å². The maximum Gasteiger partial charge on any atom is 0.244 e. The van der Waals surface area contributed by atoms with Crippen LogP contribution in [-0.2, 0) is 4.79 Å². The van der Waals surface area contributed by atoms with Crippen molar-refractivity contribution in [2.75, 3.05) is 11.9 Å². The molecule has 0 aliphatic carbocycles. The van der Waals surface area contributed by atoms with Crippen molar-refractivity contribution in [3.63, 3.8) is 0 Å². The number of aromatic nitrogens is 1. The SMILES string of the molecule is CCOc1ccc2nc(NC(=O)[C@@H](Sc3ccccc3)c3ccccc3)sc2c1. The Bertz CT molecular complexity index is 1100. The second-order valence-corrected chi connectivity index (χ2v) is 8.50. The highest BCUT2D eigenvalue weighted by Gasteiger charge is 2.23. The van der Waals surface area contributed by atoms with Crippen LogP contribution >= 0.6 is 23.1 Å². The van der Waals surface area contributed by atoms with Gasteiger partial charge >= 0.3 is 0 Å². The summed E-state index contributed by atoms with van der Waals surface area (Å²) in [5.41, 5.74) is 1.80. The lowest BCUT2D eigenvalue weighted by Gasteiger charge is -2.16. The highest BCUT2D eigenvalue weighted by molar-refractivity contribution is 8.00. The van der Waals surface area contributed by atoms with Crippen LogP contribution < -0.4 is 10.1 Å². The molecule has 1 atom stereocenters. The molecule has 0 saturated carbocycles. The number of amides is 1. The topological polar surface area (TPSA) is 51.2 Å². The minimum atomic E-state index is -0.371. The Labute approximate surface area is 177 Å². The number of nitrogens with zero attached hydrogens (tertiary/aromatic N) is 1. The number of thiazole rings is 1. The van der Waals surface area contributed by atoms with E-state index in [1.54, 1.807) is 0 Å². The number of ether oxygens (including phenoxy) is 1. The number of hydrogen-bond donors (Lipinski definition) is 1. The summed E-state index contributed by atoms with van der Waals surface area (Å²) >= 11 is 2.98. The number of nitrogens with one attached hydrogen (secondary N) is 1. The Morgan fingerprint density at radius 1 is 1.07 bits per heavy atom. The zero-order chi connectivity index (χ0) is 20.1. The van der Waals surface area contributed by atoms with Crippen molar-refractivity contribution in [3.05, 3.63) is 84.4 Å². The fourth-order valence-electron chi connectivity index (χ4n) is 2.92. The summed E-state index contributed by atoms with van der Waals surface area (Å²) in [6.45, 7) is 2.57. The molecule has 0 radical (unpaired) electrons. The summed E-state index contributed by atoms with van der Waals surface area (Å²) in [6, 6.07) is 25.5. The Hall–Kier alpha value is -2.83. The van der Waals surface area contributed by atoms with E-state index in [0.29, 0.717) is 11.7 Å². The van der Waals surface area contributed by atoms with E-state index in [0.717, 1.165) is 26.4 Å². The number of carbonyl (C=O) groups excluding carboxylic acids is 1. The number of fused-ring (bicyclic) bond motifs is 1. The van der Waals surface area contributed by atoms with Gasteiger partial charge in [-0.05, 0) is 42.8 Å². The largest absolute Gasteiger partial charge is 0.494 e. The van der Waals surface area contributed by atoms with Gasteiger partial charge in [0.2, 0.25) is 5.91 Å². The van der Waals surface area contributed by atoms with Crippen LogP contribution in [0.1, 0.15) is 17.7 Å². The second-order valence-electron chi connectivity index (χ2n) is 6.29. The highest BCUT2D eigenvalue weighted by atomic mass is 32.2. The number of hydrogen-bond acceptors (Lipinski definition) is 5. The summed E-state index contributed by atoms with van der Waals surface area (Å²) in [7, 11) is 0. The van der Waals surface area contributed by atoms with Crippen LogP contribution in [0, 0.1) is 0 Å². The van der Waals surface area contributed by atoms with E-state index in [-0.39, 0.29) is 11.2 Å². The third kappa shape index (κ3) is 4.78. The maximum atomic E-state index is 13.2. The molecule has 0 spiro atoms. The zero-order valence-electron chi connectivity index (χ0n) is 15.9. The third-order valence-corrected chi connectivity index (χ3v) is 6.44. The van der Waals surface area contributed by atoms with E-state index >= 15 is 0 Å². The highest BCUT2D eigenvalue weighted by Crippen LogP contribution is 2.37. The van der Waals surface area contributed by atoms with Crippen molar-refractivity contribution in [1.82, 2.24) is 4.98 Å². The number of benzene rings is 3. The Balaban J connectivity index is 1.58. The smallest absolute Gasteiger partial charge is 0.244 e. The molecule has 4 rings (SSSR count). The quantitative estimate of drug-likeness (QED) is 0.363. The molecule has 3 aromatic carbocycles. The average Bonchev–Trinajstić information content (AvgIpc) is 3.15. The molecule has 6 heteroatoms. The summed E-state index contributed by atoms with van der Waals surface area (Å²) in [5.74, 6) is 0.720. The van der Waals surface area contributed by atoms with Crippen molar-refractivity contribution in [3.8, 4) is 5.75 Å². The predicted octanol–water partition coefficient (Wildman–Crippen LogP) is 6.17. The van der Waals surface area contributed by atoms with Gasteiger partial charge in [0.05, 0.1) is 16.8 Å². The molecule has 0 aliphatic heterocycles. The number of rotatable bonds is 7. The molecule has 0 aliphatic rings. The molecule has 146 valence electrons. The molecule has 4 aromatic rings. The van der Waals surface area contributed by atoms with Crippen LogP contribution in [0.2, 0.25) is 0 Å². The van der Waals surface area contributed by atoms with Gasteiger partial charge in [-0.25, -0.2) is 4.98 Å². The standard InChI is InChI=1S/C23H20N2O2S2/c1-2-27-17-13-14-19-20(15-17)29-23(24-19)25-22(26)21(16-9-5-3-6-10-16)28-18-11-7-4-8-12-18/h3-15,21H,2H2,1H3,(H,24,25,26)/t21-/m0/s1. The average molecular weight is 421 g/mol. The van der Waals surface area contributed by atoms with Crippen LogP contribution in [0.15, 0.2) is 83.8 Å². The summed E-state index contributed by atoms with van der Waals surface area (Å²) in [4.78, 5) is 18.8. The molecule has 0 bridgehead atoms. The zero-order valence-corrected chi connectivity index (χ0v) is 17.5. The van der Waals surface area contributed by atoms with Gasteiger partial charge in [0.15, 0.2) is 5.13 Å². The fourth-order valence-corrected chi connectivity index (χ4v) is 4.86. The Kier molecular flexibility index (Phi) is 6.12. The second kappa shape index (κ2) is 9.11. The molecule has 29 heavy (non-hydrogen) atoms. The summed E-state index contributed by atoms with van der Waals surface area (Å²) < 4.78 is 6.54. The first-order valence-corrected chi connectivity index (χ1v) is 11.0. The van der Waals surface area contributed by atoms with Crippen LogP contribution in [0.4, 0.5) is 5.13 Å². The van der Waals surface area contributed by atoms with Crippen LogP contribution in [0.25, 0.3) is 10.2 Å². The number of thioether (sulfide) groups is 1. The van der Waals surface area contributed by atoms with Crippen molar-refractivity contribution in [2.45, 2.75) is 17.1 Å². The first kappa shape index (κ1) is 19.5. The Morgan fingerprint density at radius 2 is 1.79 bits per heavy atom. The van der Waals surface area contributed by atoms with Crippen molar-refractivity contribution in [2.24, 2.45) is 0 Å². The first-order chi connectivity index (χ1) is 14.2.